The summed E-state index contributed by atoms with van der Waals surface area (Å²) in [5.41, 5.74) is 5.16. The molecule has 1 amide bonds. The predicted octanol–water partition coefficient (Wildman–Crippen LogP) is 6.15. The molecule has 0 bridgehead atoms. The first kappa shape index (κ1) is 29.5. The quantitative estimate of drug-likeness (QED) is 0.117. The van der Waals surface area contributed by atoms with Crippen LogP contribution in [0.4, 0.5) is 8.78 Å². The number of ether oxygens (including phenoxy) is 2. The molecule has 9 heteroatoms. The van der Waals surface area contributed by atoms with E-state index in [-0.39, 0.29) is 11.7 Å². The molecule has 4 aromatic rings. The number of H-pyrrole nitrogens is 1. The minimum absolute atomic E-state index is 0.0579. The summed E-state index contributed by atoms with van der Waals surface area (Å²) in [6.45, 7) is 0.697. The van der Waals surface area contributed by atoms with Crippen LogP contribution in [-0.4, -0.2) is 61.4 Å². The normalized spacial score (nSPS) is 12.1. The van der Waals surface area contributed by atoms with Crippen molar-refractivity contribution in [3.05, 3.63) is 102 Å². The second-order valence-electron chi connectivity index (χ2n) is 9.47. The number of hydrogen-bond acceptors (Lipinski definition) is 5. The number of likely N-dealkylation sites (N-methyl/N-ethyl adjacent to an activating group) is 1. The van der Waals surface area contributed by atoms with Gasteiger partial charge in [-0.05, 0) is 59.0 Å². The number of nitrogens with zero attached hydrogens (tertiary/aromatic N) is 2. The Morgan fingerprint density at radius 2 is 1.83 bits per heavy atom. The molecule has 0 fully saturated rings. The van der Waals surface area contributed by atoms with E-state index in [1.54, 1.807) is 38.5 Å². The van der Waals surface area contributed by atoms with Crippen molar-refractivity contribution < 1.29 is 23.0 Å². The Bertz CT molecular complexity index is 1510. The predicted molar refractivity (Wildman–Crippen MR) is 158 cm³/mol. The zero-order valence-corrected chi connectivity index (χ0v) is 23.4. The molecule has 0 spiro atoms. The van der Waals surface area contributed by atoms with Crippen LogP contribution in [0.5, 0.6) is 11.5 Å². The number of carbonyl (C=O) groups excluding carboxylic acids is 1. The topological polar surface area (TPSA) is 79.5 Å². The number of alkyl halides is 2. The molecular weight excluding hydrogens is 526 g/mol. The van der Waals surface area contributed by atoms with Gasteiger partial charge in [-0.2, -0.15) is 13.9 Å². The monoisotopic (exact) mass is 560 g/mol. The highest BCUT2D eigenvalue weighted by Crippen LogP contribution is 2.39. The Morgan fingerprint density at radius 1 is 1.07 bits per heavy atom. The number of aromatic nitrogens is 2. The molecule has 0 unspecified atom stereocenters. The van der Waals surface area contributed by atoms with Crippen LogP contribution in [0.3, 0.4) is 0 Å². The highest BCUT2D eigenvalue weighted by atomic mass is 19.3. The largest absolute Gasteiger partial charge is 0.492 e. The number of aromatic amines is 1. The van der Waals surface area contributed by atoms with Gasteiger partial charge in [-0.15, -0.1) is 0 Å². The Labute approximate surface area is 238 Å². The second kappa shape index (κ2) is 14.2. The first-order valence-electron chi connectivity index (χ1n) is 13.4. The number of fused-ring (bicyclic) bond motifs is 1. The lowest BCUT2D eigenvalue weighted by Gasteiger charge is -2.19. The molecule has 214 valence electrons. The fourth-order valence-corrected chi connectivity index (χ4v) is 4.48. The fraction of sp³-hybridized carbons (Fsp3) is 0.250. The van der Waals surface area contributed by atoms with Crippen LogP contribution in [0.25, 0.3) is 22.0 Å². The Morgan fingerprint density at radius 3 is 2.56 bits per heavy atom. The van der Waals surface area contributed by atoms with E-state index in [0.29, 0.717) is 37.4 Å². The summed E-state index contributed by atoms with van der Waals surface area (Å²) in [5, 5.41) is 11.3. The van der Waals surface area contributed by atoms with Crippen molar-refractivity contribution in [1.29, 1.82) is 0 Å². The molecule has 41 heavy (non-hydrogen) atoms. The molecule has 0 atom stereocenters. The smallest absolute Gasteiger partial charge is 0.387 e. The fourth-order valence-electron chi connectivity index (χ4n) is 4.48. The Balaban J connectivity index is 1.59. The van der Waals surface area contributed by atoms with Gasteiger partial charge in [0.2, 0.25) is 5.91 Å². The summed E-state index contributed by atoms with van der Waals surface area (Å²) in [6, 6.07) is 20.6. The summed E-state index contributed by atoms with van der Waals surface area (Å²) in [7, 11) is 3.42. The zero-order valence-electron chi connectivity index (χ0n) is 23.4. The van der Waals surface area contributed by atoms with Crippen molar-refractivity contribution in [2.75, 3.05) is 33.8 Å². The Kier molecular flexibility index (Phi) is 10.2. The number of rotatable bonds is 13. The SMILES string of the molecule is CC/C(=C(/c1ccc(OCCNC/C=C/C(=O)N(C)C)cc1)c1ccc2[nH]ncc2c1)c1ccccc1OC(F)F. The number of allylic oxidation sites excluding steroid dienone is 1. The summed E-state index contributed by atoms with van der Waals surface area (Å²) >= 11 is 0. The number of hydrogen-bond donors (Lipinski definition) is 2. The summed E-state index contributed by atoms with van der Waals surface area (Å²) in [5.74, 6) is 0.783. The van der Waals surface area contributed by atoms with E-state index >= 15 is 0 Å². The van der Waals surface area contributed by atoms with Gasteiger partial charge in [-0.3, -0.25) is 9.89 Å². The van der Waals surface area contributed by atoms with Crippen molar-refractivity contribution in [2.45, 2.75) is 20.0 Å². The van der Waals surface area contributed by atoms with Crippen molar-refractivity contribution in [3.8, 4) is 11.5 Å². The lowest BCUT2D eigenvalue weighted by Crippen LogP contribution is -2.22. The van der Waals surface area contributed by atoms with E-state index in [1.165, 1.54) is 11.0 Å². The van der Waals surface area contributed by atoms with Gasteiger partial charge in [0.05, 0.1) is 11.7 Å². The number of halogens is 2. The number of para-hydroxylation sites is 1. The van der Waals surface area contributed by atoms with Crippen molar-refractivity contribution in [2.24, 2.45) is 0 Å². The van der Waals surface area contributed by atoms with Crippen molar-refractivity contribution >= 4 is 28.0 Å². The van der Waals surface area contributed by atoms with Crippen LogP contribution in [0.15, 0.2) is 85.1 Å². The molecule has 0 aliphatic heterocycles. The van der Waals surface area contributed by atoms with Gasteiger partial charge in [-0.25, -0.2) is 0 Å². The minimum atomic E-state index is -2.93. The number of amides is 1. The van der Waals surface area contributed by atoms with Gasteiger partial charge in [-0.1, -0.05) is 49.4 Å². The van der Waals surface area contributed by atoms with E-state index in [0.717, 1.165) is 33.2 Å². The number of nitrogens with one attached hydrogen (secondary N) is 2. The summed E-state index contributed by atoms with van der Waals surface area (Å²) in [4.78, 5) is 13.1. The van der Waals surface area contributed by atoms with Crippen molar-refractivity contribution in [3.63, 3.8) is 0 Å². The zero-order chi connectivity index (χ0) is 29.2. The van der Waals surface area contributed by atoms with E-state index in [1.807, 2.05) is 61.5 Å². The van der Waals surface area contributed by atoms with Gasteiger partial charge in [0.25, 0.3) is 0 Å². The first-order chi connectivity index (χ1) is 19.9. The van der Waals surface area contributed by atoms with Crippen LogP contribution >= 0.6 is 0 Å². The van der Waals surface area contributed by atoms with Crippen LogP contribution in [0.2, 0.25) is 0 Å². The third-order valence-electron chi connectivity index (χ3n) is 6.47. The molecule has 1 aromatic heterocycles. The molecule has 7 nitrogen and oxygen atoms in total. The standard InChI is InChI=1S/C32H34F2N4O3/c1-4-26(27-8-5-6-9-29(27)41-32(33)34)31(23-13-16-28-24(20-23)21-36-37-28)22-11-14-25(15-12-22)40-19-18-35-17-7-10-30(39)38(2)3/h5-16,20-21,32,35H,4,17-19H2,1-3H3,(H,36,37)/b10-7+,31-26+. The molecular formula is C32H34F2N4O3. The van der Waals surface area contributed by atoms with Crippen LogP contribution in [0, 0.1) is 0 Å². The van der Waals surface area contributed by atoms with E-state index in [9.17, 15) is 13.6 Å². The third-order valence-corrected chi connectivity index (χ3v) is 6.47. The number of benzene rings is 3. The first-order valence-corrected chi connectivity index (χ1v) is 13.4. The molecule has 0 aliphatic carbocycles. The molecule has 0 saturated heterocycles. The minimum Gasteiger partial charge on any atom is -0.492 e. The molecule has 0 aliphatic rings. The van der Waals surface area contributed by atoms with Crippen molar-refractivity contribution in [1.82, 2.24) is 20.4 Å². The maximum absolute atomic E-state index is 13.3. The van der Waals surface area contributed by atoms with Gasteiger partial charge >= 0.3 is 6.61 Å². The molecule has 3 aromatic carbocycles. The second-order valence-corrected chi connectivity index (χ2v) is 9.47. The highest BCUT2D eigenvalue weighted by molar-refractivity contribution is 6.01. The van der Waals surface area contributed by atoms with Crippen LogP contribution in [0.1, 0.15) is 30.0 Å². The van der Waals surface area contributed by atoms with Gasteiger partial charge in [0.15, 0.2) is 0 Å². The Hall–Kier alpha value is -4.50. The number of carbonyl (C=O) groups is 1. The highest BCUT2D eigenvalue weighted by Gasteiger charge is 2.18. The maximum atomic E-state index is 13.3. The molecule has 0 radical (unpaired) electrons. The van der Waals surface area contributed by atoms with Crippen LogP contribution < -0.4 is 14.8 Å². The lowest BCUT2D eigenvalue weighted by molar-refractivity contribution is -0.123. The van der Waals surface area contributed by atoms with E-state index < -0.39 is 6.61 Å². The molecule has 2 N–H and O–H groups in total. The van der Waals surface area contributed by atoms with Gasteiger partial charge in [0, 0.05) is 44.2 Å². The average Bonchev–Trinajstić information content (AvgIpc) is 3.44. The molecule has 0 saturated carbocycles. The summed E-state index contributed by atoms with van der Waals surface area (Å²) < 4.78 is 37.3. The van der Waals surface area contributed by atoms with E-state index in [4.69, 9.17) is 9.47 Å². The third kappa shape index (κ3) is 7.79. The maximum Gasteiger partial charge on any atom is 0.387 e. The van der Waals surface area contributed by atoms with Crippen LogP contribution in [-0.2, 0) is 4.79 Å². The lowest BCUT2D eigenvalue weighted by atomic mass is 9.87. The van der Waals surface area contributed by atoms with Gasteiger partial charge in [0.1, 0.15) is 18.1 Å². The average molecular weight is 561 g/mol. The van der Waals surface area contributed by atoms with E-state index in [2.05, 4.69) is 15.5 Å². The van der Waals surface area contributed by atoms with Gasteiger partial charge < -0.3 is 19.7 Å². The summed E-state index contributed by atoms with van der Waals surface area (Å²) in [6.07, 6.45) is 5.66. The molecule has 1 heterocycles. The molecule has 4 rings (SSSR count).